The molecular weight excluding hydrogens is 276 g/mol. The molecule has 0 aliphatic carbocycles. The lowest BCUT2D eigenvalue weighted by molar-refractivity contribution is 0.130. The Hall–Kier alpha value is -1.71. The van der Waals surface area contributed by atoms with Crippen LogP contribution < -0.4 is 9.47 Å². The molecule has 20 heavy (non-hydrogen) atoms. The normalized spacial score (nSPS) is 18.2. The molecule has 0 bridgehead atoms. The standard InChI is InChI=1S/C16H15ClO3/c1-19-15-7-6-10(8-13(15)17)16(18)12-9-20-14-5-3-2-4-11(12)14/h2-8,12,16,18H,9H2,1H3. The van der Waals surface area contributed by atoms with Gasteiger partial charge in [-0.2, -0.15) is 0 Å². The molecule has 3 nitrogen and oxygen atoms in total. The summed E-state index contributed by atoms with van der Waals surface area (Å²) < 4.78 is 10.7. The lowest BCUT2D eigenvalue weighted by Gasteiger charge is -2.18. The molecule has 0 spiro atoms. The van der Waals surface area contributed by atoms with Crippen molar-refractivity contribution in [3.63, 3.8) is 0 Å². The zero-order valence-electron chi connectivity index (χ0n) is 11.0. The Morgan fingerprint density at radius 1 is 1.30 bits per heavy atom. The van der Waals surface area contributed by atoms with Crippen molar-refractivity contribution < 1.29 is 14.6 Å². The Morgan fingerprint density at radius 3 is 2.85 bits per heavy atom. The molecule has 4 heteroatoms. The third kappa shape index (κ3) is 2.23. The van der Waals surface area contributed by atoms with E-state index in [9.17, 15) is 5.11 Å². The molecule has 0 amide bonds. The van der Waals surface area contributed by atoms with Gasteiger partial charge in [0, 0.05) is 5.56 Å². The fourth-order valence-electron chi connectivity index (χ4n) is 2.55. The van der Waals surface area contributed by atoms with E-state index in [0.29, 0.717) is 17.4 Å². The highest BCUT2D eigenvalue weighted by atomic mass is 35.5. The number of rotatable bonds is 3. The van der Waals surface area contributed by atoms with Gasteiger partial charge in [0.2, 0.25) is 0 Å². The van der Waals surface area contributed by atoms with Crippen LogP contribution in [0.15, 0.2) is 42.5 Å². The minimum atomic E-state index is -0.651. The molecule has 2 aromatic rings. The van der Waals surface area contributed by atoms with Crippen LogP contribution in [0.4, 0.5) is 0 Å². The smallest absolute Gasteiger partial charge is 0.137 e. The fourth-order valence-corrected chi connectivity index (χ4v) is 2.81. The van der Waals surface area contributed by atoms with Gasteiger partial charge in [-0.25, -0.2) is 0 Å². The van der Waals surface area contributed by atoms with E-state index in [4.69, 9.17) is 21.1 Å². The van der Waals surface area contributed by atoms with Crippen LogP contribution in [0.3, 0.4) is 0 Å². The van der Waals surface area contributed by atoms with Crippen LogP contribution in [0.5, 0.6) is 11.5 Å². The Labute approximate surface area is 122 Å². The first-order valence-electron chi connectivity index (χ1n) is 6.44. The van der Waals surface area contributed by atoms with Crippen LogP contribution in [0.1, 0.15) is 23.1 Å². The van der Waals surface area contributed by atoms with E-state index in [1.54, 1.807) is 19.2 Å². The summed E-state index contributed by atoms with van der Waals surface area (Å²) in [6.45, 7) is 0.476. The molecule has 1 aliphatic heterocycles. The molecule has 0 saturated heterocycles. The summed E-state index contributed by atoms with van der Waals surface area (Å²) in [4.78, 5) is 0. The number of hydrogen-bond donors (Lipinski definition) is 1. The van der Waals surface area contributed by atoms with E-state index in [1.807, 2.05) is 30.3 Å². The van der Waals surface area contributed by atoms with E-state index >= 15 is 0 Å². The third-order valence-electron chi connectivity index (χ3n) is 3.64. The molecule has 2 unspecified atom stereocenters. The first-order chi connectivity index (χ1) is 9.70. The third-order valence-corrected chi connectivity index (χ3v) is 3.93. The maximum absolute atomic E-state index is 10.6. The number of ether oxygens (including phenoxy) is 2. The highest BCUT2D eigenvalue weighted by molar-refractivity contribution is 6.32. The summed E-state index contributed by atoms with van der Waals surface area (Å²) in [5.74, 6) is 1.37. The van der Waals surface area contributed by atoms with Gasteiger partial charge < -0.3 is 14.6 Å². The van der Waals surface area contributed by atoms with E-state index in [-0.39, 0.29) is 5.92 Å². The highest BCUT2D eigenvalue weighted by Crippen LogP contribution is 2.42. The zero-order valence-corrected chi connectivity index (χ0v) is 11.8. The quantitative estimate of drug-likeness (QED) is 0.939. The number of hydrogen-bond acceptors (Lipinski definition) is 3. The summed E-state index contributed by atoms with van der Waals surface area (Å²) in [5, 5.41) is 11.1. The Kier molecular flexibility index (Phi) is 3.55. The molecule has 0 radical (unpaired) electrons. The van der Waals surface area contributed by atoms with Gasteiger partial charge in [0.1, 0.15) is 11.5 Å². The highest BCUT2D eigenvalue weighted by Gasteiger charge is 2.31. The average Bonchev–Trinajstić information content (AvgIpc) is 2.90. The topological polar surface area (TPSA) is 38.7 Å². The van der Waals surface area contributed by atoms with Crippen LogP contribution >= 0.6 is 11.6 Å². The van der Waals surface area contributed by atoms with Crippen molar-refractivity contribution in [2.45, 2.75) is 12.0 Å². The first kappa shape index (κ1) is 13.3. The first-order valence-corrected chi connectivity index (χ1v) is 6.81. The van der Waals surface area contributed by atoms with Crippen molar-refractivity contribution in [1.82, 2.24) is 0 Å². The maximum Gasteiger partial charge on any atom is 0.137 e. The second-order valence-corrected chi connectivity index (χ2v) is 5.20. The maximum atomic E-state index is 10.6. The van der Waals surface area contributed by atoms with Gasteiger partial charge in [0.15, 0.2) is 0 Å². The van der Waals surface area contributed by atoms with Crippen LogP contribution in [-0.4, -0.2) is 18.8 Å². The van der Waals surface area contributed by atoms with E-state index in [0.717, 1.165) is 16.9 Å². The molecule has 1 heterocycles. The number of benzene rings is 2. The number of fused-ring (bicyclic) bond motifs is 1. The summed E-state index contributed by atoms with van der Waals surface area (Å²) in [6, 6.07) is 13.1. The van der Waals surface area contributed by atoms with Crippen molar-refractivity contribution >= 4 is 11.6 Å². The van der Waals surface area contributed by atoms with Crippen LogP contribution in [-0.2, 0) is 0 Å². The minimum Gasteiger partial charge on any atom is -0.495 e. The Bertz CT molecular complexity index is 627. The van der Waals surface area contributed by atoms with Crippen molar-refractivity contribution in [1.29, 1.82) is 0 Å². The summed E-state index contributed by atoms with van der Waals surface area (Å²) in [7, 11) is 1.57. The van der Waals surface area contributed by atoms with E-state index in [1.165, 1.54) is 0 Å². The van der Waals surface area contributed by atoms with Crippen LogP contribution in [0.25, 0.3) is 0 Å². The minimum absolute atomic E-state index is 0.0735. The SMILES string of the molecule is COc1ccc(C(O)C2COc3ccccc32)cc1Cl. The number of para-hydroxylation sites is 1. The Balaban J connectivity index is 1.90. The predicted molar refractivity (Wildman–Crippen MR) is 77.6 cm³/mol. The van der Waals surface area contributed by atoms with Gasteiger partial charge in [-0.05, 0) is 23.8 Å². The van der Waals surface area contributed by atoms with Gasteiger partial charge in [-0.15, -0.1) is 0 Å². The zero-order chi connectivity index (χ0) is 14.1. The molecule has 2 aromatic carbocycles. The van der Waals surface area contributed by atoms with Gasteiger partial charge >= 0.3 is 0 Å². The predicted octanol–water partition coefficient (Wildman–Crippen LogP) is 3.56. The molecule has 2 atom stereocenters. The van der Waals surface area contributed by atoms with Crippen molar-refractivity contribution in [3.05, 3.63) is 58.6 Å². The largest absolute Gasteiger partial charge is 0.495 e. The molecule has 1 N–H and O–H groups in total. The lowest BCUT2D eigenvalue weighted by Crippen LogP contribution is -2.12. The summed E-state index contributed by atoms with van der Waals surface area (Å²) >= 11 is 6.11. The van der Waals surface area contributed by atoms with Crippen molar-refractivity contribution in [2.75, 3.05) is 13.7 Å². The van der Waals surface area contributed by atoms with Gasteiger partial charge in [0.25, 0.3) is 0 Å². The summed E-state index contributed by atoms with van der Waals surface area (Å²) in [5.41, 5.74) is 1.80. The van der Waals surface area contributed by atoms with Crippen molar-refractivity contribution in [3.8, 4) is 11.5 Å². The molecule has 0 saturated carbocycles. The second-order valence-electron chi connectivity index (χ2n) is 4.79. The average molecular weight is 291 g/mol. The van der Waals surface area contributed by atoms with Gasteiger partial charge in [0.05, 0.1) is 30.8 Å². The molecule has 104 valence electrons. The fraction of sp³-hybridized carbons (Fsp3) is 0.250. The molecule has 1 aliphatic rings. The van der Waals surface area contributed by atoms with E-state index in [2.05, 4.69) is 0 Å². The number of aliphatic hydroxyl groups excluding tert-OH is 1. The monoisotopic (exact) mass is 290 g/mol. The van der Waals surface area contributed by atoms with Gasteiger partial charge in [-0.3, -0.25) is 0 Å². The molecule has 0 aromatic heterocycles. The van der Waals surface area contributed by atoms with E-state index < -0.39 is 6.10 Å². The number of halogens is 1. The molecule has 0 fully saturated rings. The number of methoxy groups -OCH3 is 1. The molecular formula is C16H15ClO3. The van der Waals surface area contributed by atoms with Gasteiger partial charge in [-0.1, -0.05) is 35.9 Å². The van der Waals surface area contributed by atoms with Crippen molar-refractivity contribution in [2.24, 2.45) is 0 Å². The molecule has 3 rings (SSSR count). The summed E-state index contributed by atoms with van der Waals surface area (Å²) in [6.07, 6.45) is -0.651. The Morgan fingerprint density at radius 2 is 2.10 bits per heavy atom. The second kappa shape index (κ2) is 5.35. The lowest BCUT2D eigenvalue weighted by atomic mass is 9.91. The number of aliphatic hydroxyl groups is 1. The van der Waals surface area contributed by atoms with Crippen LogP contribution in [0, 0.1) is 0 Å². The van der Waals surface area contributed by atoms with Crippen LogP contribution in [0.2, 0.25) is 5.02 Å².